The van der Waals surface area contributed by atoms with Crippen molar-refractivity contribution < 1.29 is 9.59 Å². The summed E-state index contributed by atoms with van der Waals surface area (Å²) in [7, 11) is 0. The second kappa shape index (κ2) is 5.98. The molecule has 0 aromatic carbocycles. The summed E-state index contributed by atoms with van der Waals surface area (Å²) in [5, 5.41) is 2.93. The maximum atomic E-state index is 13.0. The van der Waals surface area contributed by atoms with E-state index >= 15 is 0 Å². The molecule has 1 N–H and O–H groups in total. The molecular weight excluding hydrogens is 264 g/mol. The molecule has 0 aromatic rings. The first-order valence-electron chi connectivity index (χ1n) is 8.36. The van der Waals surface area contributed by atoms with Gasteiger partial charge in [0.2, 0.25) is 11.8 Å². The van der Waals surface area contributed by atoms with Crippen molar-refractivity contribution in [2.45, 2.75) is 84.8 Å². The molecule has 2 amide bonds. The number of amides is 2. The molecule has 0 aromatic heterocycles. The number of carbonyl (C=O) groups is 2. The van der Waals surface area contributed by atoms with Crippen LogP contribution in [0, 0.1) is 11.3 Å². The van der Waals surface area contributed by atoms with E-state index in [1.54, 1.807) is 0 Å². The van der Waals surface area contributed by atoms with E-state index in [4.69, 9.17) is 0 Å². The first-order chi connectivity index (χ1) is 9.73. The second-order valence-corrected chi connectivity index (χ2v) is 7.91. The van der Waals surface area contributed by atoms with Crippen molar-refractivity contribution in [1.29, 1.82) is 0 Å². The van der Waals surface area contributed by atoms with Crippen LogP contribution >= 0.6 is 0 Å². The highest BCUT2D eigenvalue weighted by molar-refractivity contribution is 5.97. The van der Waals surface area contributed by atoms with Gasteiger partial charge in [0.15, 0.2) is 0 Å². The van der Waals surface area contributed by atoms with Crippen molar-refractivity contribution in [3.05, 3.63) is 0 Å². The van der Waals surface area contributed by atoms with E-state index in [1.165, 1.54) is 12.8 Å². The Labute approximate surface area is 128 Å². The normalized spacial score (nSPS) is 35.4. The van der Waals surface area contributed by atoms with Crippen LogP contribution in [0.4, 0.5) is 0 Å². The molecular formula is C17H30N2O2. The average Bonchev–Trinajstić information content (AvgIpc) is 2.58. The molecule has 4 heteroatoms. The summed E-state index contributed by atoms with van der Waals surface area (Å²) >= 11 is 0. The largest absolute Gasteiger partial charge is 0.342 e. The third-order valence-electron chi connectivity index (χ3n) is 5.12. The summed E-state index contributed by atoms with van der Waals surface area (Å²) in [4.78, 5) is 27.2. The van der Waals surface area contributed by atoms with Crippen LogP contribution in [0.3, 0.4) is 0 Å². The van der Waals surface area contributed by atoms with Crippen LogP contribution in [0.25, 0.3) is 0 Å². The zero-order chi connectivity index (χ0) is 15.8. The van der Waals surface area contributed by atoms with Crippen molar-refractivity contribution in [3.63, 3.8) is 0 Å². The van der Waals surface area contributed by atoms with Crippen LogP contribution in [-0.2, 0) is 9.59 Å². The molecule has 1 aliphatic heterocycles. The maximum absolute atomic E-state index is 13.0. The fraction of sp³-hybridized carbons (Fsp3) is 0.882. The molecule has 2 fully saturated rings. The van der Waals surface area contributed by atoms with Crippen LogP contribution in [-0.4, -0.2) is 34.8 Å². The van der Waals surface area contributed by atoms with Gasteiger partial charge in [-0.15, -0.1) is 0 Å². The topological polar surface area (TPSA) is 49.4 Å². The maximum Gasteiger partial charge on any atom is 0.246 e. The van der Waals surface area contributed by atoms with E-state index < -0.39 is 6.04 Å². The van der Waals surface area contributed by atoms with E-state index in [1.807, 2.05) is 32.6 Å². The quantitative estimate of drug-likeness (QED) is 0.756. The Morgan fingerprint density at radius 3 is 2.29 bits per heavy atom. The molecule has 1 heterocycles. The molecule has 1 aliphatic carbocycles. The third-order valence-corrected chi connectivity index (χ3v) is 5.12. The minimum absolute atomic E-state index is 0.00836. The predicted molar refractivity (Wildman–Crippen MR) is 83.7 cm³/mol. The zero-order valence-corrected chi connectivity index (χ0v) is 14.1. The molecule has 2 aliphatic rings. The van der Waals surface area contributed by atoms with E-state index in [0.717, 1.165) is 19.3 Å². The molecule has 0 bridgehead atoms. The molecule has 4 unspecified atom stereocenters. The molecule has 120 valence electrons. The molecule has 1 saturated carbocycles. The van der Waals surface area contributed by atoms with Gasteiger partial charge in [0, 0.05) is 6.04 Å². The Bertz CT molecular complexity index is 414. The molecule has 2 rings (SSSR count). The van der Waals surface area contributed by atoms with Gasteiger partial charge >= 0.3 is 0 Å². The number of piperazine rings is 1. The summed E-state index contributed by atoms with van der Waals surface area (Å²) in [5.74, 6) is 0.574. The van der Waals surface area contributed by atoms with Crippen molar-refractivity contribution in [3.8, 4) is 0 Å². The van der Waals surface area contributed by atoms with Crippen molar-refractivity contribution in [1.82, 2.24) is 10.2 Å². The Kier molecular flexibility index (Phi) is 4.64. The lowest BCUT2D eigenvalue weighted by atomic mass is 9.82. The van der Waals surface area contributed by atoms with Crippen LogP contribution < -0.4 is 5.32 Å². The average molecular weight is 294 g/mol. The number of carbonyl (C=O) groups excluding carboxylic acids is 2. The van der Waals surface area contributed by atoms with Crippen LogP contribution in [0.2, 0.25) is 0 Å². The van der Waals surface area contributed by atoms with Crippen molar-refractivity contribution in [2.75, 3.05) is 0 Å². The van der Waals surface area contributed by atoms with Crippen molar-refractivity contribution in [2.24, 2.45) is 11.3 Å². The summed E-state index contributed by atoms with van der Waals surface area (Å²) in [6, 6.07) is -0.538. The van der Waals surface area contributed by atoms with Gasteiger partial charge in [0.1, 0.15) is 12.1 Å². The highest BCUT2D eigenvalue weighted by Gasteiger charge is 2.46. The van der Waals surface area contributed by atoms with Crippen LogP contribution in [0.5, 0.6) is 0 Å². The second-order valence-electron chi connectivity index (χ2n) is 7.91. The summed E-state index contributed by atoms with van der Waals surface area (Å²) in [6.07, 6.45) is 5.83. The van der Waals surface area contributed by atoms with Gasteiger partial charge < -0.3 is 10.2 Å². The SMILES string of the molecule is CC1CCCCCC1N1C(=O)C(C(C)(C)C)NC(=O)C1C. The molecule has 4 nitrogen and oxygen atoms in total. The van der Waals surface area contributed by atoms with Crippen LogP contribution in [0.1, 0.15) is 66.7 Å². The van der Waals surface area contributed by atoms with Gasteiger partial charge in [-0.25, -0.2) is 0 Å². The van der Waals surface area contributed by atoms with Gasteiger partial charge in [-0.05, 0) is 31.1 Å². The van der Waals surface area contributed by atoms with Gasteiger partial charge in [0.25, 0.3) is 0 Å². The standard InChI is InChI=1S/C17H30N2O2/c1-11-9-7-6-8-10-13(11)19-12(2)15(20)18-14(16(19)21)17(3,4)5/h11-14H,6-10H2,1-5H3,(H,18,20). The minimum Gasteiger partial charge on any atom is -0.342 e. The lowest BCUT2D eigenvalue weighted by molar-refractivity contribution is -0.156. The van der Waals surface area contributed by atoms with Crippen LogP contribution in [0.15, 0.2) is 0 Å². The molecule has 21 heavy (non-hydrogen) atoms. The van der Waals surface area contributed by atoms with Gasteiger partial charge in [-0.1, -0.05) is 47.0 Å². The molecule has 0 spiro atoms. The van der Waals surface area contributed by atoms with E-state index in [0.29, 0.717) is 5.92 Å². The monoisotopic (exact) mass is 294 g/mol. The van der Waals surface area contributed by atoms with E-state index in [2.05, 4.69) is 12.2 Å². The lowest BCUT2D eigenvalue weighted by Gasteiger charge is -2.47. The zero-order valence-electron chi connectivity index (χ0n) is 14.1. The first kappa shape index (κ1) is 16.3. The Hall–Kier alpha value is -1.06. The number of rotatable bonds is 1. The predicted octanol–water partition coefficient (Wildman–Crippen LogP) is 2.72. The Morgan fingerprint density at radius 1 is 1.05 bits per heavy atom. The number of hydrogen-bond donors (Lipinski definition) is 1. The molecule has 0 radical (unpaired) electrons. The minimum atomic E-state index is -0.406. The summed E-state index contributed by atoms with van der Waals surface area (Å²) in [5.41, 5.74) is -0.251. The van der Waals surface area contributed by atoms with E-state index in [-0.39, 0.29) is 29.3 Å². The number of nitrogens with zero attached hydrogens (tertiary/aromatic N) is 1. The highest BCUT2D eigenvalue weighted by atomic mass is 16.2. The smallest absolute Gasteiger partial charge is 0.246 e. The number of nitrogens with one attached hydrogen (secondary N) is 1. The van der Waals surface area contributed by atoms with Gasteiger partial charge in [-0.2, -0.15) is 0 Å². The number of hydrogen-bond acceptors (Lipinski definition) is 2. The Balaban J connectivity index is 2.29. The van der Waals surface area contributed by atoms with Gasteiger partial charge in [-0.3, -0.25) is 9.59 Å². The fourth-order valence-electron chi connectivity index (χ4n) is 3.72. The fourth-order valence-corrected chi connectivity index (χ4v) is 3.72. The summed E-state index contributed by atoms with van der Waals surface area (Å²) in [6.45, 7) is 10.1. The van der Waals surface area contributed by atoms with E-state index in [9.17, 15) is 9.59 Å². The molecule has 1 saturated heterocycles. The molecule has 4 atom stereocenters. The Morgan fingerprint density at radius 2 is 1.67 bits per heavy atom. The summed E-state index contributed by atoms with van der Waals surface area (Å²) < 4.78 is 0. The highest BCUT2D eigenvalue weighted by Crippen LogP contribution is 2.33. The third kappa shape index (κ3) is 3.24. The van der Waals surface area contributed by atoms with Gasteiger partial charge in [0.05, 0.1) is 0 Å². The first-order valence-corrected chi connectivity index (χ1v) is 8.36. The lowest BCUT2D eigenvalue weighted by Crippen LogP contribution is -2.68. The van der Waals surface area contributed by atoms with Crippen molar-refractivity contribution >= 4 is 11.8 Å².